The summed E-state index contributed by atoms with van der Waals surface area (Å²) >= 11 is 0. The van der Waals surface area contributed by atoms with Gasteiger partial charge in [0.05, 0.1) is 17.7 Å². The number of benzene rings is 1. The number of aliphatic hydroxyl groups excluding tert-OH is 1. The van der Waals surface area contributed by atoms with Crippen molar-refractivity contribution in [2.45, 2.75) is 31.1 Å². The topological polar surface area (TPSA) is 111 Å². The smallest absolute Gasteiger partial charge is 0.166 e. The Morgan fingerprint density at radius 3 is 2.48 bits per heavy atom. The molecular weight excluding hydrogens is 392 g/mol. The number of nitrogens with two attached hydrogens (primary N) is 1. The molecule has 0 unspecified atom stereocenters. The van der Waals surface area contributed by atoms with Crippen molar-refractivity contribution in [2.24, 2.45) is 0 Å². The second-order valence-electron chi connectivity index (χ2n) is 7.80. The molecule has 0 radical (unpaired) electrons. The van der Waals surface area contributed by atoms with Crippen LogP contribution >= 0.6 is 0 Å². The largest absolute Gasteiger partial charge is 0.396 e. The van der Waals surface area contributed by atoms with E-state index in [1.165, 1.54) is 12.4 Å². The number of nitrogens with zero attached hydrogens (tertiary/aromatic N) is 3. The zero-order valence-corrected chi connectivity index (χ0v) is 17.3. The van der Waals surface area contributed by atoms with Gasteiger partial charge in [0.1, 0.15) is 5.82 Å². The van der Waals surface area contributed by atoms with Crippen molar-refractivity contribution in [1.82, 2.24) is 15.0 Å². The molecule has 1 fully saturated rings. The van der Waals surface area contributed by atoms with Crippen LogP contribution in [0.2, 0.25) is 0 Å². The maximum absolute atomic E-state index is 12.7. The van der Waals surface area contributed by atoms with E-state index < -0.39 is 0 Å². The van der Waals surface area contributed by atoms with E-state index in [0.717, 1.165) is 37.2 Å². The third-order valence-corrected chi connectivity index (χ3v) is 5.77. The molecule has 1 atom stereocenters. The number of hydrogen-bond donors (Lipinski definition) is 2. The van der Waals surface area contributed by atoms with Crippen molar-refractivity contribution in [1.29, 1.82) is 0 Å². The third-order valence-electron chi connectivity index (χ3n) is 5.77. The summed E-state index contributed by atoms with van der Waals surface area (Å²) in [6, 6.07) is 11.5. The summed E-state index contributed by atoms with van der Waals surface area (Å²) in [4.78, 5) is 25.8. The zero-order chi connectivity index (χ0) is 21.6. The van der Waals surface area contributed by atoms with Crippen LogP contribution in [0.15, 0.2) is 55.0 Å². The number of ether oxygens (including phenoxy) is 1. The number of nitrogen functional groups attached to an aromatic ring is 1. The number of ketones is 1. The number of hydrogen-bond acceptors (Lipinski definition) is 7. The standard InChI is InChI=1S/C24H26N4O3/c25-23-21(10-18(12-26-23)17-6-8-31-9-7-17)24-27-13-20(14-28-24)22(30)11-19(15-29)16-4-2-1-3-5-16/h1-5,10,12-14,17,19,29H,6-9,11,15H2,(H2,25,26)/t19-/m1/s1. The molecule has 0 amide bonds. The van der Waals surface area contributed by atoms with Crippen molar-refractivity contribution in [2.75, 3.05) is 25.6 Å². The van der Waals surface area contributed by atoms with E-state index in [1.807, 2.05) is 42.6 Å². The van der Waals surface area contributed by atoms with Crippen molar-refractivity contribution < 1.29 is 14.6 Å². The van der Waals surface area contributed by atoms with Crippen LogP contribution in [0, 0.1) is 0 Å². The average Bonchev–Trinajstić information content (AvgIpc) is 2.84. The highest BCUT2D eigenvalue weighted by Crippen LogP contribution is 2.31. The summed E-state index contributed by atoms with van der Waals surface area (Å²) in [7, 11) is 0. The Labute approximate surface area is 181 Å². The molecule has 1 aromatic carbocycles. The Morgan fingerprint density at radius 2 is 1.81 bits per heavy atom. The summed E-state index contributed by atoms with van der Waals surface area (Å²) in [6.45, 7) is 1.39. The Bertz CT molecular complexity index is 1020. The van der Waals surface area contributed by atoms with Crippen LogP contribution in [0.25, 0.3) is 11.4 Å². The number of carbonyl (C=O) groups is 1. The lowest BCUT2D eigenvalue weighted by atomic mass is 9.92. The van der Waals surface area contributed by atoms with Gasteiger partial charge in [-0.2, -0.15) is 0 Å². The van der Waals surface area contributed by atoms with Gasteiger partial charge in [0.15, 0.2) is 11.6 Å². The second kappa shape index (κ2) is 9.76. The fraction of sp³-hybridized carbons (Fsp3) is 0.333. The molecule has 0 saturated carbocycles. The Kier molecular flexibility index (Phi) is 6.64. The molecule has 160 valence electrons. The van der Waals surface area contributed by atoms with Gasteiger partial charge in [-0.25, -0.2) is 15.0 Å². The predicted octanol–water partition coefficient (Wildman–Crippen LogP) is 3.36. The highest BCUT2D eigenvalue weighted by atomic mass is 16.5. The minimum absolute atomic E-state index is 0.101. The van der Waals surface area contributed by atoms with Gasteiger partial charge < -0.3 is 15.6 Å². The molecular formula is C24H26N4O3. The van der Waals surface area contributed by atoms with Crippen molar-refractivity contribution in [3.05, 3.63) is 71.7 Å². The number of anilines is 1. The van der Waals surface area contributed by atoms with E-state index in [1.54, 1.807) is 0 Å². The van der Waals surface area contributed by atoms with Crippen LogP contribution in [0.1, 0.15) is 52.6 Å². The number of aliphatic hydroxyl groups is 1. The number of carbonyl (C=O) groups excluding carboxylic acids is 1. The van der Waals surface area contributed by atoms with Gasteiger partial charge in [-0.15, -0.1) is 0 Å². The van der Waals surface area contributed by atoms with Crippen LogP contribution in [0.4, 0.5) is 5.82 Å². The lowest BCUT2D eigenvalue weighted by Gasteiger charge is -2.22. The quantitative estimate of drug-likeness (QED) is 0.566. The fourth-order valence-corrected chi connectivity index (χ4v) is 3.89. The van der Waals surface area contributed by atoms with Gasteiger partial charge >= 0.3 is 0 Å². The number of rotatable bonds is 7. The first-order valence-corrected chi connectivity index (χ1v) is 10.5. The minimum atomic E-state index is -0.260. The molecule has 7 nitrogen and oxygen atoms in total. The van der Waals surface area contributed by atoms with Gasteiger partial charge in [-0.3, -0.25) is 4.79 Å². The first kappa shape index (κ1) is 21.1. The first-order chi connectivity index (χ1) is 15.2. The molecule has 7 heteroatoms. The van der Waals surface area contributed by atoms with E-state index in [4.69, 9.17) is 10.5 Å². The van der Waals surface area contributed by atoms with Gasteiger partial charge in [0, 0.05) is 44.1 Å². The molecule has 31 heavy (non-hydrogen) atoms. The number of Topliss-reactive ketones (excluding diaryl/α,β-unsaturated/α-hetero) is 1. The molecule has 2 aromatic heterocycles. The zero-order valence-electron chi connectivity index (χ0n) is 17.3. The molecule has 4 rings (SSSR count). The second-order valence-corrected chi connectivity index (χ2v) is 7.80. The number of pyridine rings is 1. The SMILES string of the molecule is Nc1ncc(C2CCOCC2)cc1-c1ncc(C(=O)C[C@H](CO)c2ccccc2)cn1. The fourth-order valence-electron chi connectivity index (χ4n) is 3.89. The average molecular weight is 418 g/mol. The van der Waals surface area contributed by atoms with Crippen molar-refractivity contribution >= 4 is 11.6 Å². The lowest BCUT2D eigenvalue weighted by molar-refractivity contribution is 0.0853. The highest BCUT2D eigenvalue weighted by molar-refractivity contribution is 5.96. The minimum Gasteiger partial charge on any atom is -0.396 e. The molecule has 3 N–H and O–H groups in total. The summed E-state index contributed by atoms with van der Waals surface area (Å²) < 4.78 is 5.44. The van der Waals surface area contributed by atoms with Gasteiger partial charge in [0.2, 0.25) is 0 Å². The number of aromatic nitrogens is 3. The Balaban J connectivity index is 1.51. The maximum atomic E-state index is 12.7. The van der Waals surface area contributed by atoms with E-state index in [2.05, 4.69) is 15.0 Å². The Hall–Kier alpha value is -3.16. The molecule has 3 aromatic rings. The van der Waals surface area contributed by atoms with Crippen LogP contribution < -0.4 is 5.73 Å². The van der Waals surface area contributed by atoms with E-state index in [-0.39, 0.29) is 24.7 Å². The van der Waals surface area contributed by atoms with E-state index in [9.17, 15) is 9.90 Å². The van der Waals surface area contributed by atoms with Gasteiger partial charge in [-0.1, -0.05) is 30.3 Å². The monoisotopic (exact) mass is 418 g/mol. The molecule has 3 heterocycles. The summed E-state index contributed by atoms with van der Waals surface area (Å²) in [5.41, 5.74) is 9.19. The van der Waals surface area contributed by atoms with Gasteiger partial charge in [-0.05, 0) is 36.0 Å². The Morgan fingerprint density at radius 1 is 1.10 bits per heavy atom. The molecule has 1 aliphatic rings. The normalized spacial score (nSPS) is 15.5. The van der Waals surface area contributed by atoms with Gasteiger partial charge in [0.25, 0.3) is 0 Å². The van der Waals surface area contributed by atoms with Crippen molar-refractivity contribution in [3.8, 4) is 11.4 Å². The molecule has 1 saturated heterocycles. The third kappa shape index (κ3) is 4.95. The molecule has 0 spiro atoms. The summed E-state index contributed by atoms with van der Waals surface area (Å²) in [6.07, 6.45) is 6.94. The molecule has 1 aliphatic heterocycles. The lowest BCUT2D eigenvalue weighted by Crippen LogP contribution is -2.14. The van der Waals surface area contributed by atoms with Crippen LogP contribution in [0.3, 0.4) is 0 Å². The maximum Gasteiger partial charge on any atom is 0.166 e. The van der Waals surface area contributed by atoms with Crippen LogP contribution in [-0.4, -0.2) is 45.7 Å². The summed E-state index contributed by atoms with van der Waals surface area (Å²) in [5, 5.41) is 9.72. The predicted molar refractivity (Wildman–Crippen MR) is 118 cm³/mol. The van der Waals surface area contributed by atoms with Crippen LogP contribution in [-0.2, 0) is 4.74 Å². The van der Waals surface area contributed by atoms with E-state index >= 15 is 0 Å². The highest BCUT2D eigenvalue weighted by Gasteiger charge is 2.20. The van der Waals surface area contributed by atoms with E-state index in [0.29, 0.717) is 28.7 Å². The van der Waals surface area contributed by atoms with Crippen LogP contribution in [0.5, 0.6) is 0 Å². The van der Waals surface area contributed by atoms with Crippen molar-refractivity contribution in [3.63, 3.8) is 0 Å². The summed E-state index contributed by atoms with van der Waals surface area (Å²) in [5.74, 6) is 0.812. The first-order valence-electron chi connectivity index (χ1n) is 10.5. The molecule has 0 bridgehead atoms. The molecule has 0 aliphatic carbocycles.